The molecule has 0 aromatic heterocycles. The van der Waals surface area contributed by atoms with Gasteiger partial charge in [-0.1, -0.05) is 36.4 Å². The number of hydrogen-bond acceptors (Lipinski definition) is 1. The molecule has 1 aromatic carbocycles. The van der Waals surface area contributed by atoms with Crippen molar-refractivity contribution < 1.29 is 17.4 Å². The van der Waals surface area contributed by atoms with E-state index >= 15 is 0 Å². The molecule has 0 aliphatic heterocycles. The normalized spacial score (nSPS) is 5.56. The summed E-state index contributed by atoms with van der Waals surface area (Å²) in [6, 6.07) is 12.0. The third-order valence-electron chi connectivity index (χ3n) is 0.667. The first-order chi connectivity index (χ1) is 4.00. The first kappa shape index (κ1) is 11.1. The van der Waals surface area contributed by atoms with Gasteiger partial charge in [-0.3, -0.25) is 0 Å². The SMILES string of the molecule is [C-]#N.[Cr].c1ccccc1. The van der Waals surface area contributed by atoms with Crippen molar-refractivity contribution in [1.29, 1.82) is 5.26 Å². The van der Waals surface area contributed by atoms with E-state index in [0.717, 1.165) is 0 Å². The summed E-state index contributed by atoms with van der Waals surface area (Å²) in [4.78, 5) is 0. The van der Waals surface area contributed by atoms with Crippen LogP contribution >= 0.6 is 0 Å². The van der Waals surface area contributed by atoms with Crippen molar-refractivity contribution in [3.63, 3.8) is 0 Å². The predicted molar refractivity (Wildman–Crippen MR) is 31.4 cm³/mol. The van der Waals surface area contributed by atoms with E-state index in [1.807, 2.05) is 36.4 Å². The molecule has 0 bridgehead atoms. The Morgan fingerprint density at radius 3 is 0.889 bits per heavy atom. The Labute approximate surface area is 66.1 Å². The monoisotopic (exact) mass is 156 g/mol. The summed E-state index contributed by atoms with van der Waals surface area (Å²) in [5.41, 5.74) is 0. The topological polar surface area (TPSA) is 23.8 Å². The molecule has 0 amide bonds. The molecule has 1 rings (SSSR count). The molecule has 0 fully saturated rings. The molecule has 0 heterocycles. The maximum Gasteiger partial charge on any atom is 0 e. The van der Waals surface area contributed by atoms with Crippen LogP contribution in [0.2, 0.25) is 0 Å². The molecule has 0 N–H and O–H groups in total. The Morgan fingerprint density at radius 1 is 0.667 bits per heavy atom. The molecule has 1 nitrogen and oxygen atoms in total. The molecule has 0 aliphatic rings. The van der Waals surface area contributed by atoms with Gasteiger partial charge in [0.1, 0.15) is 0 Å². The predicted octanol–water partition coefficient (Wildman–Crippen LogP) is 1.78. The van der Waals surface area contributed by atoms with E-state index in [9.17, 15) is 0 Å². The van der Waals surface area contributed by atoms with Crippen LogP contribution < -0.4 is 0 Å². The largest absolute Gasteiger partial charge is 0.512 e. The standard InChI is InChI=1S/C6H6.CN.Cr/c1-2-4-6-5-3-1;1-2;/h1-6H;;/q;-1;. The fourth-order valence-electron chi connectivity index (χ4n) is 0.385. The average Bonchev–Trinajstić information content (AvgIpc) is 1.96. The van der Waals surface area contributed by atoms with Crippen LogP contribution in [0.1, 0.15) is 0 Å². The van der Waals surface area contributed by atoms with Gasteiger partial charge >= 0.3 is 0 Å². The first-order valence-electron chi connectivity index (χ1n) is 2.22. The van der Waals surface area contributed by atoms with Gasteiger partial charge in [0.2, 0.25) is 0 Å². The van der Waals surface area contributed by atoms with Gasteiger partial charge < -0.3 is 11.8 Å². The second-order valence-corrected chi connectivity index (χ2v) is 1.15. The van der Waals surface area contributed by atoms with Crippen LogP contribution in [0, 0.1) is 11.8 Å². The van der Waals surface area contributed by atoms with Crippen LogP contribution in [-0.4, -0.2) is 0 Å². The first-order valence-corrected chi connectivity index (χ1v) is 2.22. The van der Waals surface area contributed by atoms with Gasteiger partial charge in [-0.15, -0.1) is 0 Å². The quantitative estimate of drug-likeness (QED) is 0.525. The molecule has 0 unspecified atom stereocenters. The van der Waals surface area contributed by atoms with Crippen LogP contribution in [0.25, 0.3) is 0 Å². The molecule has 0 radical (unpaired) electrons. The summed E-state index contributed by atoms with van der Waals surface area (Å²) in [6.45, 7) is 4.75. The van der Waals surface area contributed by atoms with Gasteiger partial charge in [0.25, 0.3) is 0 Å². The molecular formula is C7H6CrN-. The van der Waals surface area contributed by atoms with Gasteiger partial charge in [0, 0.05) is 17.4 Å². The molecule has 0 atom stereocenters. The molecule has 9 heavy (non-hydrogen) atoms. The number of benzene rings is 1. The van der Waals surface area contributed by atoms with Crippen molar-refractivity contribution in [2.45, 2.75) is 0 Å². The van der Waals surface area contributed by atoms with Crippen LogP contribution in [0.5, 0.6) is 0 Å². The molecule has 0 aliphatic carbocycles. The second-order valence-electron chi connectivity index (χ2n) is 1.15. The van der Waals surface area contributed by atoms with Crippen molar-refractivity contribution in [3.8, 4) is 0 Å². The van der Waals surface area contributed by atoms with Crippen molar-refractivity contribution in [2.24, 2.45) is 0 Å². The number of hydrogen-bond donors (Lipinski definition) is 0. The molecule has 0 saturated carbocycles. The number of rotatable bonds is 0. The van der Waals surface area contributed by atoms with Crippen LogP contribution in [-0.2, 0) is 17.4 Å². The Kier molecular flexibility index (Phi) is 12.7. The maximum absolute atomic E-state index is 6.25. The molecule has 2 heteroatoms. The van der Waals surface area contributed by atoms with Crippen LogP contribution in [0.15, 0.2) is 36.4 Å². The molecule has 46 valence electrons. The zero-order valence-electron chi connectivity index (χ0n) is 4.82. The minimum Gasteiger partial charge on any atom is -0.512 e. The molecule has 0 spiro atoms. The summed E-state index contributed by atoms with van der Waals surface area (Å²) in [7, 11) is 0. The van der Waals surface area contributed by atoms with Crippen molar-refractivity contribution in [1.82, 2.24) is 0 Å². The zero-order chi connectivity index (χ0) is 6.24. The minimum absolute atomic E-state index is 0. The fraction of sp³-hybridized carbons (Fsp3) is 0. The molecular weight excluding hydrogens is 150 g/mol. The average molecular weight is 156 g/mol. The summed E-state index contributed by atoms with van der Waals surface area (Å²) >= 11 is 0. The van der Waals surface area contributed by atoms with E-state index < -0.39 is 0 Å². The van der Waals surface area contributed by atoms with Crippen LogP contribution in [0.3, 0.4) is 0 Å². The number of nitrogens with zero attached hydrogens (tertiary/aromatic N) is 1. The van der Waals surface area contributed by atoms with Gasteiger partial charge in [-0.05, 0) is 0 Å². The van der Waals surface area contributed by atoms with E-state index in [-0.39, 0.29) is 17.4 Å². The van der Waals surface area contributed by atoms with Crippen molar-refractivity contribution in [3.05, 3.63) is 43.0 Å². The maximum atomic E-state index is 6.25. The summed E-state index contributed by atoms with van der Waals surface area (Å²) < 4.78 is 0. The summed E-state index contributed by atoms with van der Waals surface area (Å²) in [6.07, 6.45) is 0. The summed E-state index contributed by atoms with van der Waals surface area (Å²) in [5, 5.41) is 6.25. The van der Waals surface area contributed by atoms with E-state index in [4.69, 9.17) is 11.8 Å². The minimum atomic E-state index is 0. The fourth-order valence-corrected chi connectivity index (χ4v) is 0.385. The van der Waals surface area contributed by atoms with E-state index in [1.54, 1.807) is 0 Å². The van der Waals surface area contributed by atoms with E-state index in [2.05, 4.69) is 0 Å². The second kappa shape index (κ2) is 10.3. The van der Waals surface area contributed by atoms with Crippen molar-refractivity contribution >= 4 is 0 Å². The Bertz CT molecular complexity index is 109. The van der Waals surface area contributed by atoms with Gasteiger partial charge in [0.05, 0.1) is 0 Å². The van der Waals surface area contributed by atoms with Gasteiger partial charge in [-0.25, -0.2) is 0 Å². The van der Waals surface area contributed by atoms with E-state index in [0.29, 0.717) is 0 Å². The zero-order valence-corrected chi connectivity index (χ0v) is 6.09. The third kappa shape index (κ3) is 7.24. The summed E-state index contributed by atoms with van der Waals surface area (Å²) in [5.74, 6) is 0. The van der Waals surface area contributed by atoms with Crippen LogP contribution in [0.4, 0.5) is 0 Å². The third-order valence-corrected chi connectivity index (χ3v) is 0.667. The van der Waals surface area contributed by atoms with Gasteiger partial charge in [-0.2, -0.15) is 0 Å². The Morgan fingerprint density at radius 2 is 0.778 bits per heavy atom. The van der Waals surface area contributed by atoms with E-state index in [1.165, 1.54) is 0 Å². The smallest absolute Gasteiger partial charge is 0 e. The Balaban J connectivity index is 0. The van der Waals surface area contributed by atoms with Crippen molar-refractivity contribution in [2.75, 3.05) is 0 Å². The Hall–Kier alpha value is -0.758. The van der Waals surface area contributed by atoms with Gasteiger partial charge in [0.15, 0.2) is 0 Å². The molecule has 0 saturated heterocycles. The molecule has 1 aromatic rings.